The second kappa shape index (κ2) is 12.6. The summed E-state index contributed by atoms with van der Waals surface area (Å²) in [5.41, 5.74) is 2.25. The maximum Gasteiger partial charge on any atom is 1.00 e. The van der Waals surface area contributed by atoms with Crippen molar-refractivity contribution in [3.8, 4) is 6.07 Å². The van der Waals surface area contributed by atoms with Crippen LogP contribution >= 0.6 is 11.6 Å². The molecule has 0 spiro atoms. The molecule has 3 heterocycles. The number of carbonyl (C=O) groups is 1. The largest absolute Gasteiger partial charge is 1.00 e. The van der Waals surface area contributed by atoms with Crippen LogP contribution in [0.2, 0.25) is 5.15 Å². The summed E-state index contributed by atoms with van der Waals surface area (Å²) >= 11 is 6.05. The van der Waals surface area contributed by atoms with Crippen LogP contribution in [-0.2, 0) is 0 Å². The van der Waals surface area contributed by atoms with Gasteiger partial charge in [0.2, 0.25) is 0 Å². The van der Waals surface area contributed by atoms with E-state index in [1.807, 2.05) is 30.7 Å². The first kappa shape index (κ1) is 29.7. The number of halogens is 3. The number of nitrogens with zero attached hydrogens (tertiary/aromatic N) is 4. The summed E-state index contributed by atoms with van der Waals surface area (Å²) in [6, 6.07) is 3.81. The average molecular weight is 477 g/mol. The molecule has 1 aliphatic rings. The molecule has 1 aliphatic heterocycles. The van der Waals surface area contributed by atoms with Crippen molar-refractivity contribution in [1.82, 2.24) is 9.55 Å². The predicted octanol–water partition coefficient (Wildman–Crippen LogP) is -4.06. The number of aromatic nitrogens is 2. The number of anilines is 1. The zero-order valence-corrected chi connectivity index (χ0v) is 23.7. The molecule has 0 aromatic carbocycles. The molecule has 0 atom stereocenters. The molecule has 0 aliphatic carbocycles. The monoisotopic (exact) mass is 476 g/mol. The Morgan fingerprint density at radius 1 is 1.38 bits per heavy atom. The Balaban J connectivity index is 0.00000120. The second-order valence-corrected chi connectivity index (χ2v) is 6.81. The minimum atomic E-state index is -2.69. The summed E-state index contributed by atoms with van der Waals surface area (Å²) in [5.74, 6) is -2.69. The predicted molar refractivity (Wildman–Crippen MR) is 91.6 cm³/mol. The van der Waals surface area contributed by atoms with Crippen LogP contribution in [0.5, 0.6) is 0 Å². The molecule has 2 aromatic heterocycles. The van der Waals surface area contributed by atoms with E-state index in [0.717, 1.165) is 5.52 Å². The van der Waals surface area contributed by atoms with Gasteiger partial charge in [-0.25, -0.2) is 13.8 Å². The second-order valence-electron chi connectivity index (χ2n) is 6.45. The molecule has 146 valence electrons. The van der Waals surface area contributed by atoms with E-state index in [4.69, 9.17) is 31.9 Å². The zero-order valence-electron chi connectivity index (χ0n) is 16.7. The van der Waals surface area contributed by atoms with E-state index in [0.29, 0.717) is 24.2 Å². The molecule has 1 saturated heterocycles. The van der Waals surface area contributed by atoms with Crippen LogP contribution in [0.3, 0.4) is 0 Å². The first-order chi connectivity index (χ1) is 12.6. The summed E-state index contributed by atoms with van der Waals surface area (Å²) in [4.78, 5) is 14.3. The summed E-state index contributed by atoms with van der Waals surface area (Å²) in [7, 11) is 0. The fraction of sp³-hybridized carbons (Fsp3) is 0.471. The van der Waals surface area contributed by atoms with Crippen molar-refractivity contribution in [2.75, 3.05) is 18.0 Å². The molecule has 7 nitrogen and oxygen atoms in total. The number of nitriles is 1. The SMILES string of the molecule is CC(C)n1cc(N2CCCC(F)(F)C2)c2nc(Cl)c(C#N)cc21.O=C([O-])[O-].[K+].[K+]. The molecular formula is C17H17ClF2K2N4O3. The Bertz CT molecular complexity index is 899. The van der Waals surface area contributed by atoms with Crippen LogP contribution in [0.1, 0.15) is 38.3 Å². The van der Waals surface area contributed by atoms with E-state index in [9.17, 15) is 8.78 Å². The Hall–Kier alpha value is 0.673. The van der Waals surface area contributed by atoms with Gasteiger partial charge in [0.1, 0.15) is 16.7 Å². The van der Waals surface area contributed by atoms with Crippen LogP contribution < -0.4 is 118 Å². The van der Waals surface area contributed by atoms with Crippen molar-refractivity contribution in [3.63, 3.8) is 0 Å². The maximum atomic E-state index is 13.8. The van der Waals surface area contributed by atoms with Gasteiger partial charge in [-0.15, -0.1) is 0 Å². The van der Waals surface area contributed by atoms with Crippen molar-refractivity contribution >= 4 is 34.5 Å². The molecule has 0 N–H and O–H groups in total. The molecule has 0 saturated carbocycles. The van der Waals surface area contributed by atoms with Gasteiger partial charge in [-0.1, -0.05) is 11.6 Å². The molecule has 1 fully saturated rings. The summed E-state index contributed by atoms with van der Waals surface area (Å²) in [6.45, 7) is 4.24. The van der Waals surface area contributed by atoms with E-state index in [2.05, 4.69) is 4.98 Å². The molecule has 29 heavy (non-hydrogen) atoms. The first-order valence-electron chi connectivity index (χ1n) is 8.17. The van der Waals surface area contributed by atoms with Gasteiger partial charge in [-0.2, -0.15) is 5.26 Å². The third-order valence-electron chi connectivity index (χ3n) is 4.15. The fourth-order valence-corrected chi connectivity index (χ4v) is 3.22. The number of carbonyl (C=O) groups excluding carboxylic acids is 1. The van der Waals surface area contributed by atoms with E-state index in [-0.39, 0.29) is 132 Å². The van der Waals surface area contributed by atoms with E-state index < -0.39 is 12.1 Å². The molecule has 3 rings (SSSR count). The summed E-state index contributed by atoms with van der Waals surface area (Å²) in [6.07, 6.45) is -0.147. The van der Waals surface area contributed by atoms with Crippen LogP contribution in [0.25, 0.3) is 11.0 Å². The number of carboxylic acid groups (broad SMARTS) is 2. The zero-order chi connectivity index (χ0) is 20.4. The summed E-state index contributed by atoms with van der Waals surface area (Å²) in [5, 5.41) is 25.9. The van der Waals surface area contributed by atoms with Gasteiger partial charge in [0, 0.05) is 25.2 Å². The first-order valence-corrected chi connectivity index (χ1v) is 8.55. The third kappa shape index (κ3) is 7.94. The standard InChI is InChI=1S/C16H17ClF2N4.CH2O3.2K/c1-10(2)23-8-13(22-5-3-4-16(18,19)9-22)14-12(23)6-11(7-20)15(17)21-14;2-1(3)4;;/h6,8,10H,3-5,9H2,1-2H3;(H2,2,3,4);;/q;;2*+1/p-2. The van der Waals surface area contributed by atoms with E-state index >= 15 is 0 Å². The van der Waals surface area contributed by atoms with Crippen molar-refractivity contribution < 1.29 is 127 Å². The Kier molecular flexibility index (Phi) is 12.9. The van der Waals surface area contributed by atoms with Gasteiger partial charge in [-0.3, -0.25) is 0 Å². The number of rotatable bonds is 2. The van der Waals surface area contributed by atoms with Crippen LogP contribution in [0.4, 0.5) is 19.3 Å². The number of hydrogen-bond donors (Lipinski definition) is 0. The van der Waals surface area contributed by atoms with Crippen molar-refractivity contribution in [1.29, 1.82) is 5.26 Å². The number of alkyl halides is 2. The number of hydrogen-bond acceptors (Lipinski definition) is 6. The number of fused-ring (bicyclic) bond motifs is 1. The minimum Gasteiger partial charge on any atom is -0.652 e. The van der Waals surface area contributed by atoms with E-state index in [1.54, 1.807) is 11.0 Å². The molecular weight excluding hydrogens is 460 g/mol. The van der Waals surface area contributed by atoms with Crippen LogP contribution in [0, 0.1) is 11.3 Å². The Morgan fingerprint density at radius 3 is 2.45 bits per heavy atom. The molecule has 12 heteroatoms. The summed E-state index contributed by atoms with van der Waals surface area (Å²) < 4.78 is 29.5. The van der Waals surface area contributed by atoms with Gasteiger partial charge < -0.3 is 24.5 Å². The van der Waals surface area contributed by atoms with Crippen molar-refractivity contribution in [2.24, 2.45) is 0 Å². The molecule has 0 bridgehead atoms. The Labute approximate surface area is 257 Å². The average Bonchev–Trinajstić information content (AvgIpc) is 2.91. The normalized spacial score (nSPS) is 14.9. The maximum absolute atomic E-state index is 13.8. The van der Waals surface area contributed by atoms with Gasteiger partial charge >= 0.3 is 103 Å². The quantitative estimate of drug-likeness (QED) is 0.322. The van der Waals surface area contributed by atoms with Crippen LogP contribution in [-0.4, -0.2) is 34.7 Å². The van der Waals surface area contributed by atoms with Crippen molar-refractivity contribution in [3.05, 3.63) is 23.0 Å². The van der Waals surface area contributed by atoms with Gasteiger partial charge in [0.05, 0.1) is 23.3 Å². The van der Waals surface area contributed by atoms with E-state index in [1.165, 1.54) is 0 Å². The van der Waals surface area contributed by atoms with Crippen molar-refractivity contribution in [2.45, 2.75) is 38.7 Å². The van der Waals surface area contributed by atoms with Gasteiger partial charge in [0.15, 0.2) is 0 Å². The smallest absolute Gasteiger partial charge is 0.652 e. The topological polar surface area (TPSA) is 108 Å². The van der Waals surface area contributed by atoms with Gasteiger partial charge in [0.25, 0.3) is 5.92 Å². The van der Waals surface area contributed by atoms with Gasteiger partial charge in [-0.05, 0) is 32.5 Å². The Morgan fingerprint density at radius 2 is 1.97 bits per heavy atom. The van der Waals surface area contributed by atoms with Crippen LogP contribution in [0.15, 0.2) is 12.3 Å². The number of piperidine rings is 1. The third-order valence-corrected chi connectivity index (χ3v) is 4.44. The fourth-order valence-electron chi connectivity index (χ4n) is 3.04. The molecule has 0 radical (unpaired) electrons. The molecule has 2 aromatic rings. The molecule has 0 unspecified atom stereocenters. The minimum absolute atomic E-state index is 0. The number of pyridine rings is 1. The molecule has 0 amide bonds.